The van der Waals surface area contributed by atoms with E-state index in [1.54, 1.807) is 46.5 Å². The number of halogens is 2. The number of aryl methyl sites for hydroxylation is 1. The van der Waals surface area contributed by atoms with E-state index in [-0.39, 0.29) is 5.91 Å². The predicted molar refractivity (Wildman–Crippen MR) is 104 cm³/mol. The van der Waals surface area contributed by atoms with Crippen LogP contribution in [-0.4, -0.2) is 15.7 Å². The summed E-state index contributed by atoms with van der Waals surface area (Å²) >= 11 is 14.1. The summed E-state index contributed by atoms with van der Waals surface area (Å²) in [5, 5.41) is 10.4. The van der Waals surface area contributed by atoms with E-state index in [0.29, 0.717) is 28.8 Å². The molecule has 1 aromatic carbocycles. The lowest BCUT2D eigenvalue weighted by atomic mass is 10.2. The second-order valence-electron chi connectivity index (χ2n) is 5.56. The largest absolute Gasteiger partial charge is 0.311 e. The van der Waals surface area contributed by atoms with Crippen LogP contribution in [0.5, 0.6) is 0 Å². The minimum Gasteiger partial charge on any atom is -0.311 e. The predicted octanol–water partition coefficient (Wildman–Crippen LogP) is 5.26. The van der Waals surface area contributed by atoms with Crippen molar-refractivity contribution in [3.8, 4) is 0 Å². The number of thiophene rings is 1. The Hall–Kier alpha value is -1.82. The van der Waals surface area contributed by atoms with Crippen molar-refractivity contribution in [2.45, 2.75) is 25.8 Å². The zero-order valence-electron chi connectivity index (χ0n) is 13.4. The van der Waals surface area contributed by atoms with Gasteiger partial charge in [-0.2, -0.15) is 5.10 Å². The summed E-state index contributed by atoms with van der Waals surface area (Å²) in [5.74, 6) is 0.612. The molecule has 0 radical (unpaired) electrons. The van der Waals surface area contributed by atoms with Crippen LogP contribution in [0.2, 0.25) is 10.0 Å². The van der Waals surface area contributed by atoms with Gasteiger partial charge in [0.1, 0.15) is 5.82 Å². The van der Waals surface area contributed by atoms with E-state index in [4.69, 9.17) is 23.2 Å². The Morgan fingerprint density at radius 2 is 1.96 bits per heavy atom. The molecule has 1 amide bonds. The Labute approximate surface area is 160 Å². The van der Waals surface area contributed by atoms with Crippen molar-refractivity contribution in [1.29, 1.82) is 0 Å². The number of nitrogens with zero attached hydrogens (tertiary/aromatic N) is 2. The third kappa shape index (κ3) is 4.84. The van der Waals surface area contributed by atoms with E-state index in [9.17, 15) is 4.79 Å². The average Bonchev–Trinajstić information content (AvgIpc) is 3.23. The third-order valence-corrected chi connectivity index (χ3v) is 5.41. The molecule has 0 aliphatic rings. The van der Waals surface area contributed by atoms with Gasteiger partial charge in [0.2, 0.25) is 5.91 Å². The standard InChI is InChI=1S/C18H17Cl2N3OS/c19-15-6-2-7-16(20)14(15)12-23-17(9-10-21-23)22-18(24)8-1-4-13-5-3-11-25-13/h2-3,5-7,9-11H,1,4,8,12H2,(H,22,24). The zero-order valence-corrected chi connectivity index (χ0v) is 15.7. The molecule has 0 saturated carbocycles. The van der Waals surface area contributed by atoms with E-state index in [0.717, 1.165) is 18.4 Å². The van der Waals surface area contributed by atoms with E-state index >= 15 is 0 Å². The second kappa shape index (κ2) is 8.52. The number of rotatable bonds is 7. The van der Waals surface area contributed by atoms with Gasteiger partial charge in [-0.15, -0.1) is 11.3 Å². The molecule has 1 N–H and O–H groups in total. The highest BCUT2D eigenvalue weighted by Crippen LogP contribution is 2.26. The number of hydrogen-bond donors (Lipinski definition) is 1. The Morgan fingerprint density at radius 3 is 2.68 bits per heavy atom. The molecule has 0 bridgehead atoms. The van der Waals surface area contributed by atoms with E-state index < -0.39 is 0 Å². The number of aromatic nitrogens is 2. The smallest absolute Gasteiger partial charge is 0.225 e. The molecule has 0 unspecified atom stereocenters. The van der Waals surface area contributed by atoms with E-state index in [1.807, 2.05) is 11.4 Å². The average molecular weight is 394 g/mol. The molecule has 2 heterocycles. The molecule has 4 nitrogen and oxygen atoms in total. The van der Waals surface area contributed by atoms with Crippen LogP contribution in [0.4, 0.5) is 5.82 Å². The summed E-state index contributed by atoms with van der Waals surface area (Å²) in [6.07, 6.45) is 3.85. The number of hydrogen-bond acceptors (Lipinski definition) is 3. The zero-order chi connectivity index (χ0) is 17.6. The normalized spacial score (nSPS) is 10.8. The highest BCUT2D eigenvalue weighted by Gasteiger charge is 2.11. The second-order valence-corrected chi connectivity index (χ2v) is 7.40. The molecule has 7 heteroatoms. The first-order valence-corrected chi connectivity index (χ1v) is 9.54. The van der Waals surface area contributed by atoms with Crippen LogP contribution in [0, 0.1) is 0 Å². The van der Waals surface area contributed by atoms with Gasteiger partial charge in [-0.3, -0.25) is 4.79 Å². The van der Waals surface area contributed by atoms with Crippen molar-refractivity contribution in [2.24, 2.45) is 0 Å². The molecular formula is C18H17Cl2N3OS. The van der Waals surface area contributed by atoms with Crippen molar-refractivity contribution in [3.63, 3.8) is 0 Å². The van der Waals surface area contributed by atoms with Gasteiger partial charge >= 0.3 is 0 Å². The van der Waals surface area contributed by atoms with Gasteiger partial charge in [0.25, 0.3) is 0 Å². The molecule has 0 aliphatic heterocycles. The van der Waals surface area contributed by atoms with Gasteiger partial charge in [-0.25, -0.2) is 4.68 Å². The van der Waals surface area contributed by atoms with E-state index in [1.165, 1.54) is 4.88 Å². The summed E-state index contributed by atoms with van der Waals surface area (Å²) in [5.41, 5.74) is 0.780. The molecule has 0 saturated heterocycles. The Morgan fingerprint density at radius 1 is 1.16 bits per heavy atom. The highest BCUT2D eigenvalue weighted by molar-refractivity contribution is 7.09. The lowest BCUT2D eigenvalue weighted by Gasteiger charge is -2.11. The summed E-state index contributed by atoms with van der Waals surface area (Å²) < 4.78 is 1.68. The molecule has 2 aromatic heterocycles. The van der Waals surface area contributed by atoms with Gasteiger partial charge in [0.05, 0.1) is 12.7 Å². The minimum absolute atomic E-state index is 0.0245. The molecule has 3 rings (SSSR count). The van der Waals surface area contributed by atoms with Gasteiger partial charge in [-0.1, -0.05) is 35.3 Å². The molecule has 0 atom stereocenters. The molecule has 0 fully saturated rings. The molecule has 25 heavy (non-hydrogen) atoms. The number of amides is 1. The fourth-order valence-electron chi connectivity index (χ4n) is 2.48. The van der Waals surface area contributed by atoms with Crippen LogP contribution in [-0.2, 0) is 17.8 Å². The van der Waals surface area contributed by atoms with Crippen molar-refractivity contribution in [1.82, 2.24) is 9.78 Å². The van der Waals surface area contributed by atoms with Gasteiger partial charge < -0.3 is 5.32 Å². The van der Waals surface area contributed by atoms with Crippen molar-refractivity contribution in [3.05, 3.63) is 68.5 Å². The minimum atomic E-state index is -0.0245. The van der Waals surface area contributed by atoms with Gasteiger partial charge in [0, 0.05) is 33.0 Å². The Kier molecular flexibility index (Phi) is 6.13. The summed E-state index contributed by atoms with van der Waals surface area (Å²) in [4.78, 5) is 13.5. The lowest BCUT2D eigenvalue weighted by Crippen LogP contribution is -2.16. The first-order valence-electron chi connectivity index (χ1n) is 7.90. The first-order chi connectivity index (χ1) is 12.1. The number of nitrogens with one attached hydrogen (secondary N) is 1. The number of anilines is 1. The molecule has 3 aromatic rings. The van der Waals surface area contributed by atoms with Crippen molar-refractivity contribution >= 4 is 46.3 Å². The number of carbonyl (C=O) groups excluding carboxylic acids is 1. The lowest BCUT2D eigenvalue weighted by molar-refractivity contribution is -0.116. The molecule has 0 aliphatic carbocycles. The maximum atomic E-state index is 12.2. The van der Waals surface area contributed by atoms with E-state index in [2.05, 4.69) is 16.5 Å². The van der Waals surface area contributed by atoms with Gasteiger partial charge in [-0.05, 0) is 36.4 Å². The summed E-state index contributed by atoms with van der Waals surface area (Å²) in [7, 11) is 0. The highest BCUT2D eigenvalue weighted by atomic mass is 35.5. The fraction of sp³-hybridized carbons (Fsp3) is 0.222. The van der Waals surface area contributed by atoms with Crippen LogP contribution in [0.1, 0.15) is 23.3 Å². The van der Waals surface area contributed by atoms with Crippen LogP contribution in [0.3, 0.4) is 0 Å². The SMILES string of the molecule is O=C(CCCc1cccs1)Nc1ccnn1Cc1c(Cl)cccc1Cl. The van der Waals surface area contributed by atoms with Crippen LogP contribution >= 0.6 is 34.5 Å². The molecular weight excluding hydrogens is 377 g/mol. The Bertz CT molecular complexity index is 826. The van der Waals surface area contributed by atoms with Crippen LogP contribution in [0.25, 0.3) is 0 Å². The van der Waals surface area contributed by atoms with Crippen molar-refractivity contribution in [2.75, 3.05) is 5.32 Å². The van der Waals surface area contributed by atoms with Gasteiger partial charge in [0.15, 0.2) is 0 Å². The Balaban J connectivity index is 1.58. The number of carbonyl (C=O) groups is 1. The van der Waals surface area contributed by atoms with Crippen molar-refractivity contribution < 1.29 is 4.79 Å². The maximum absolute atomic E-state index is 12.2. The number of benzene rings is 1. The third-order valence-electron chi connectivity index (χ3n) is 3.76. The summed E-state index contributed by atoms with van der Waals surface area (Å²) in [6, 6.07) is 11.3. The molecule has 0 spiro atoms. The quantitative estimate of drug-likeness (QED) is 0.594. The summed E-state index contributed by atoms with van der Waals surface area (Å²) in [6.45, 7) is 0.399. The monoisotopic (exact) mass is 393 g/mol. The topological polar surface area (TPSA) is 46.9 Å². The van der Waals surface area contributed by atoms with Crippen LogP contribution < -0.4 is 5.32 Å². The maximum Gasteiger partial charge on any atom is 0.225 e. The molecule has 130 valence electrons. The van der Waals surface area contributed by atoms with Crippen LogP contribution in [0.15, 0.2) is 48.0 Å². The fourth-order valence-corrected chi connectivity index (χ4v) is 3.75. The first kappa shape index (κ1) is 18.0.